The predicted octanol–water partition coefficient (Wildman–Crippen LogP) is 1.84. The molecule has 0 N–H and O–H groups in total. The minimum atomic E-state index is -0.218. The molecule has 82 valence electrons. The molecule has 0 bridgehead atoms. The number of carbonyl (C=O) groups excluding carboxylic acids is 1. The van der Waals surface area contributed by atoms with Crippen molar-refractivity contribution in [2.24, 2.45) is 0 Å². The number of ether oxygens (including phenoxy) is 1. The molecule has 0 rings (SSSR count). The van der Waals surface area contributed by atoms with Crippen molar-refractivity contribution >= 4 is 5.97 Å². The standard InChI is InChI=1S/C11H21NO2/c1-6-10(11(13)14-5)7-8-12(4)9(2)3/h7,9H,6,8H2,1-5H3. The summed E-state index contributed by atoms with van der Waals surface area (Å²) in [4.78, 5) is 13.4. The highest BCUT2D eigenvalue weighted by Gasteiger charge is 2.07. The molecule has 0 fully saturated rings. The number of methoxy groups -OCH3 is 1. The van der Waals surface area contributed by atoms with Gasteiger partial charge in [0.25, 0.3) is 0 Å². The fourth-order valence-corrected chi connectivity index (χ4v) is 0.968. The van der Waals surface area contributed by atoms with Crippen molar-refractivity contribution in [1.29, 1.82) is 0 Å². The molecule has 0 atom stereocenters. The van der Waals surface area contributed by atoms with Gasteiger partial charge in [0.2, 0.25) is 0 Å². The number of esters is 1. The average Bonchev–Trinajstić information content (AvgIpc) is 2.17. The average molecular weight is 199 g/mol. The summed E-state index contributed by atoms with van der Waals surface area (Å²) in [6.07, 6.45) is 2.66. The van der Waals surface area contributed by atoms with Crippen molar-refractivity contribution < 1.29 is 9.53 Å². The van der Waals surface area contributed by atoms with Gasteiger partial charge >= 0.3 is 5.97 Å². The second kappa shape index (κ2) is 6.60. The molecule has 3 nitrogen and oxygen atoms in total. The molecule has 0 unspecified atom stereocenters. The van der Waals surface area contributed by atoms with Crippen LogP contribution in [-0.2, 0) is 9.53 Å². The summed E-state index contributed by atoms with van der Waals surface area (Å²) in [6, 6.07) is 0.488. The lowest BCUT2D eigenvalue weighted by atomic mass is 10.2. The fourth-order valence-electron chi connectivity index (χ4n) is 0.968. The molecule has 0 saturated carbocycles. The van der Waals surface area contributed by atoms with E-state index in [4.69, 9.17) is 0 Å². The molecule has 0 spiro atoms. The summed E-state index contributed by atoms with van der Waals surface area (Å²) in [7, 11) is 3.45. The van der Waals surface area contributed by atoms with Crippen LogP contribution in [0.15, 0.2) is 11.6 Å². The molecular formula is C11H21NO2. The first-order valence-electron chi connectivity index (χ1n) is 5.00. The lowest BCUT2D eigenvalue weighted by Gasteiger charge is -2.19. The summed E-state index contributed by atoms with van der Waals surface area (Å²) < 4.78 is 4.67. The van der Waals surface area contributed by atoms with E-state index in [1.54, 1.807) is 0 Å². The Morgan fingerprint density at radius 1 is 1.50 bits per heavy atom. The van der Waals surface area contributed by atoms with E-state index < -0.39 is 0 Å². The maximum Gasteiger partial charge on any atom is 0.333 e. The number of rotatable bonds is 5. The number of likely N-dealkylation sites (N-methyl/N-ethyl adjacent to an activating group) is 1. The summed E-state index contributed by atoms with van der Waals surface area (Å²) >= 11 is 0. The predicted molar refractivity (Wildman–Crippen MR) is 58.2 cm³/mol. The summed E-state index contributed by atoms with van der Waals surface area (Å²) in [5.74, 6) is -0.218. The van der Waals surface area contributed by atoms with E-state index in [-0.39, 0.29) is 5.97 Å². The fraction of sp³-hybridized carbons (Fsp3) is 0.727. The van der Waals surface area contributed by atoms with Crippen molar-refractivity contribution in [1.82, 2.24) is 4.90 Å². The van der Waals surface area contributed by atoms with E-state index in [9.17, 15) is 4.79 Å². The Bertz CT molecular complexity index is 209. The van der Waals surface area contributed by atoms with E-state index in [1.165, 1.54) is 7.11 Å². The lowest BCUT2D eigenvalue weighted by Crippen LogP contribution is -2.26. The SMILES string of the molecule is CCC(=CCN(C)C(C)C)C(=O)OC. The molecule has 0 aliphatic carbocycles. The van der Waals surface area contributed by atoms with Gasteiger partial charge in [0, 0.05) is 18.2 Å². The topological polar surface area (TPSA) is 29.5 Å². The molecule has 0 heterocycles. The van der Waals surface area contributed by atoms with Gasteiger partial charge in [0.1, 0.15) is 0 Å². The van der Waals surface area contributed by atoms with E-state index in [0.717, 1.165) is 18.5 Å². The summed E-state index contributed by atoms with van der Waals surface area (Å²) in [5.41, 5.74) is 0.750. The minimum absolute atomic E-state index is 0.218. The number of carbonyl (C=O) groups is 1. The zero-order valence-electron chi connectivity index (χ0n) is 9.83. The zero-order valence-corrected chi connectivity index (χ0v) is 9.83. The van der Waals surface area contributed by atoms with Crippen molar-refractivity contribution in [3.63, 3.8) is 0 Å². The van der Waals surface area contributed by atoms with Crippen LogP contribution in [0, 0.1) is 0 Å². The van der Waals surface area contributed by atoms with Gasteiger partial charge in [0.15, 0.2) is 0 Å². The van der Waals surface area contributed by atoms with Gasteiger partial charge in [-0.3, -0.25) is 0 Å². The van der Waals surface area contributed by atoms with E-state index in [0.29, 0.717) is 6.04 Å². The molecule has 0 amide bonds. The lowest BCUT2D eigenvalue weighted by molar-refractivity contribution is -0.136. The van der Waals surface area contributed by atoms with Crippen LogP contribution >= 0.6 is 0 Å². The molecule has 0 aliphatic heterocycles. The number of hydrogen-bond acceptors (Lipinski definition) is 3. The van der Waals surface area contributed by atoms with Gasteiger partial charge < -0.3 is 9.64 Å². The van der Waals surface area contributed by atoms with E-state index in [1.807, 2.05) is 20.0 Å². The first-order valence-corrected chi connectivity index (χ1v) is 5.00. The first kappa shape index (κ1) is 13.2. The second-order valence-electron chi connectivity index (χ2n) is 3.61. The highest BCUT2D eigenvalue weighted by molar-refractivity contribution is 5.88. The third-order valence-electron chi connectivity index (χ3n) is 2.34. The van der Waals surface area contributed by atoms with Crippen LogP contribution in [0.4, 0.5) is 0 Å². The maximum absolute atomic E-state index is 11.2. The molecule has 0 aromatic carbocycles. The molecule has 0 aliphatic rings. The summed E-state index contributed by atoms with van der Waals surface area (Å²) in [5, 5.41) is 0. The Morgan fingerprint density at radius 2 is 2.07 bits per heavy atom. The number of nitrogens with zero attached hydrogens (tertiary/aromatic N) is 1. The molecular weight excluding hydrogens is 178 g/mol. The Morgan fingerprint density at radius 3 is 2.43 bits per heavy atom. The first-order chi connectivity index (χ1) is 6.52. The quantitative estimate of drug-likeness (QED) is 0.500. The smallest absolute Gasteiger partial charge is 0.333 e. The Hall–Kier alpha value is -0.830. The maximum atomic E-state index is 11.2. The van der Waals surface area contributed by atoms with Crippen LogP contribution in [0.1, 0.15) is 27.2 Å². The monoisotopic (exact) mass is 199 g/mol. The molecule has 14 heavy (non-hydrogen) atoms. The third kappa shape index (κ3) is 4.42. The Balaban J connectivity index is 4.25. The van der Waals surface area contributed by atoms with Crippen LogP contribution in [0.25, 0.3) is 0 Å². The van der Waals surface area contributed by atoms with Crippen LogP contribution in [0.5, 0.6) is 0 Å². The number of hydrogen-bond donors (Lipinski definition) is 0. The van der Waals surface area contributed by atoms with E-state index >= 15 is 0 Å². The highest BCUT2D eigenvalue weighted by atomic mass is 16.5. The van der Waals surface area contributed by atoms with Gasteiger partial charge in [-0.15, -0.1) is 0 Å². The van der Waals surface area contributed by atoms with Gasteiger partial charge in [-0.05, 0) is 27.3 Å². The van der Waals surface area contributed by atoms with Crippen LogP contribution in [-0.4, -0.2) is 37.6 Å². The highest BCUT2D eigenvalue weighted by Crippen LogP contribution is 2.04. The molecule has 0 saturated heterocycles. The Kier molecular flexibility index (Phi) is 6.21. The van der Waals surface area contributed by atoms with Crippen LogP contribution in [0.2, 0.25) is 0 Å². The third-order valence-corrected chi connectivity index (χ3v) is 2.34. The normalized spacial score (nSPS) is 12.4. The van der Waals surface area contributed by atoms with Crippen molar-refractivity contribution in [3.8, 4) is 0 Å². The van der Waals surface area contributed by atoms with Gasteiger partial charge in [-0.2, -0.15) is 0 Å². The van der Waals surface area contributed by atoms with Crippen LogP contribution < -0.4 is 0 Å². The van der Waals surface area contributed by atoms with Gasteiger partial charge in [-0.25, -0.2) is 4.79 Å². The van der Waals surface area contributed by atoms with Crippen molar-refractivity contribution in [3.05, 3.63) is 11.6 Å². The van der Waals surface area contributed by atoms with E-state index in [2.05, 4.69) is 23.5 Å². The largest absolute Gasteiger partial charge is 0.466 e. The molecule has 0 radical (unpaired) electrons. The van der Waals surface area contributed by atoms with Crippen LogP contribution in [0.3, 0.4) is 0 Å². The minimum Gasteiger partial charge on any atom is -0.466 e. The molecule has 3 heteroatoms. The molecule has 0 aromatic rings. The van der Waals surface area contributed by atoms with Gasteiger partial charge in [-0.1, -0.05) is 13.0 Å². The molecule has 0 aromatic heterocycles. The van der Waals surface area contributed by atoms with Gasteiger partial charge in [0.05, 0.1) is 7.11 Å². The second-order valence-corrected chi connectivity index (χ2v) is 3.61. The summed E-state index contributed by atoms with van der Waals surface area (Å²) in [6.45, 7) is 6.99. The zero-order chi connectivity index (χ0) is 11.1. The van der Waals surface area contributed by atoms with Crippen molar-refractivity contribution in [2.75, 3.05) is 20.7 Å². The van der Waals surface area contributed by atoms with Crippen molar-refractivity contribution in [2.45, 2.75) is 33.2 Å². The Labute approximate surface area is 86.7 Å².